The zero-order valence-corrected chi connectivity index (χ0v) is 19.5. The number of aryl methyl sites for hydroxylation is 3. The number of carbonyl (C=O) groups excluding carboxylic acids is 2. The molecule has 0 atom stereocenters. The Labute approximate surface area is 191 Å². The summed E-state index contributed by atoms with van der Waals surface area (Å²) in [6.45, 7) is 5.26. The Morgan fingerprint density at radius 2 is 1.82 bits per heavy atom. The fraction of sp³-hybridized carbons (Fsp3) is 0.261. The zero-order chi connectivity index (χ0) is 23.9. The van der Waals surface area contributed by atoms with Gasteiger partial charge in [0.05, 0.1) is 23.4 Å². The van der Waals surface area contributed by atoms with Gasteiger partial charge in [-0.25, -0.2) is 8.42 Å². The van der Waals surface area contributed by atoms with E-state index in [0.29, 0.717) is 33.8 Å². The van der Waals surface area contributed by atoms with Crippen LogP contribution in [0.4, 0.5) is 11.5 Å². The lowest BCUT2D eigenvalue weighted by Gasteiger charge is -2.15. The molecular weight excluding hydrogens is 444 g/mol. The molecule has 0 spiro atoms. The van der Waals surface area contributed by atoms with Crippen molar-refractivity contribution in [3.8, 4) is 16.9 Å². The molecule has 1 amide bonds. The molecule has 2 N–H and O–H groups in total. The highest BCUT2D eigenvalue weighted by Crippen LogP contribution is 2.36. The van der Waals surface area contributed by atoms with Crippen molar-refractivity contribution in [2.24, 2.45) is 0 Å². The number of sulfonamides is 1. The maximum atomic E-state index is 13.3. The highest BCUT2D eigenvalue weighted by Gasteiger charge is 2.27. The van der Waals surface area contributed by atoms with Crippen LogP contribution in [-0.4, -0.2) is 37.1 Å². The molecule has 172 valence electrons. The van der Waals surface area contributed by atoms with E-state index >= 15 is 0 Å². The maximum Gasteiger partial charge on any atom is 0.262 e. The lowest BCUT2D eigenvalue weighted by molar-refractivity contribution is -0.116. The third-order valence-corrected chi connectivity index (χ3v) is 6.99. The highest BCUT2D eigenvalue weighted by molar-refractivity contribution is 7.92. The second-order valence-corrected chi connectivity index (χ2v) is 9.60. The molecule has 0 bridgehead atoms. The second-order valence-electron chi connectivity index (χ2n) is 7.95. The summed E-state index contributed by atoms with van der Waals surface area (Å²) in [6, 6.07) is 10.2. The number of ether oxygens (including phenoxy) is 1. The van der Waals surface area contributed by atoms with Crippen molar-refractivity contribution >= 4 is 33.3 Å². The summed E-state index contributed by atoms with van der Waals surface area (Å²) in [5, 5.41) is 7.02. The molecule has 9 nitrogen and oxygen atoms in total. The van der Waals surface area contributed by atoms with Crippen molar-refractivity contribution in [3.05, 3.63) is 53.2 Å². The van der Waals surface area contributed by atoms with Gasteiger partial charge in [0.15, 0.2) is 0 Å². The summed E-state index contributed by atoms with van der Waals surface area (Å²) in [5.41, 5.74) is 3.26. The summed E-state index contributed by atoms with van der Waals surface area (Å²) in [6.07, 6.45) is 0.117. The van der Waals surface area contributed by atoms with Crippen molar-refractivity contribution < 1.29 is 22.7 Å². The van der Waals surface area contributed by atoms with Gasteiger partial charge in [0.2, 0.25) is 11.8 Å². The summed E-state index contributed by atoms with van der Waals surface area (Å²) in [5.74, 6) is 0.0554. The molecule has 33 heavy (non-hydrogen) atoms. The first-order valence-electron chi connectivity index (χ1n) is 10.3. The molecule has 2 heterocycles. The van der Waals surface area contributed by atoms with E-state index in [4.69, 9.17) is 4.74 Å². The minimum atomic E-state index is -3.98. The Morgan fingerprint density at radius 1 is 1.06 bits per heavy atom. The van der Waals surface area contributed by atoms with E-state index in [2.05, 4.69) is 15.1 Å². The smallest absolute Gasteiger partial charge is 0.262 e. The van der Waals surface area contributed by atoms with Crippen LogP contribution in [0.25, 0.3) is 11.1 Å². The molecule has 0 unspecified atom stereocenters. The van der Waals surface area contributed by atoms with Crippen molar-refractivity contribution in [2.45, 2.75) is 38.5 Å². The number of nitrogens with zero attached hydrogens (tertiary/aromatic N) is 2. The number of benzene rings is 2. The fourth-order valence-corrected chi connectivity index (χ4v) is 5.17. The molecule has 1 aliphatic heterocycles. The topological polar surface area (TPSA) is 119 Å². The average molecular weight is 469 g/mol. The molecule has 0 aliphatic carbocycles. The largest absolute Gasteiger partial charge is 0.495 e. The average Bonchev–Trinajstić information content (AvgIpc) is 3.00. The number of hydrogen-bond donors (Lipinski definition) is 2. The van der Waals surface area contributed by atoms with Crippen LogP contribution in [-0.2, 0) is 14.8 Å². The summed E-state index contributed by atoms with van der Waals surface area (Å²) >= 11 is 0. The van der Waals surface area contributed by atoms with Gasteiger partial charge in [-0.1, -0.05) is 18.2 Å². The van der Waals surface area contributed by atoms with Crippen LogP contribution in [0.1, 0.15) is 34.5 Å². The Bertz CT molecular complexity index is 1390. The number of hydrogen-bond acceptors (Lipinski definition) is 6. The fourth-order valence-electron chi connectivity index (χ4n) is 3.84. The van der Waals surface area contributed by atoms with Gasteiger partial charge in [0, 0.05) is 18.4 Å². The number of carbonyl (C=O) groups is 2. The van der Waals surface area contributed by atoms with E-state index in [1.54, 1.807) is 38.1 Å². The predicted molar refractivity (Wildman–Crippen MR) is 124 cm³/mol. The number of nitrogens with one attached hydrogen (secondary N) is 2. The lowest BCUT2D eigenvalue weighted by atomic mass is 10.0. The van der Waals surface area contributed by atoms with E-state index in [9.17, 15) is 18.0 Å². The van der Waals surface area contributed by atoms with E-state index in [1.807, 2.05) is 13.0 Å². The van der Waals surface area contributed by atoms with Crippen molar-refractivity contribution in [1.82, 2.24) is 9.78 Å². The van der Waals surface area contributed by atoms with Gasteiger partial charge >= 0.3 is 0 Å². The number of aromatic nitrogens is 2. The quantitative estimate of drug-likeness (QED) is 0.590. The van der Waals surface area contributed by atoms with Crippen LogP contribution in [0.2, 0.25) is 0 Å². The molecule has 0 radical (unpaired) electrons. The Kier molecular flexibility index (Phi) is 5.71. The molecule has 0 fully saturated rings. The third kappa shape index (κ3) is 4.21. The van der Waals surface area contributed by atoms with Gasteiger partial charge in [0.1, 0.15) is 11.6 Å². The van der Waals surface area contributed by atoms with Gasteiger partial charge in [-0.2, -0.15) is 9.78 Å². The van der Waals surface area contributed by atoms with Gasteiger partial charge in [-0.3, -0.25) is 14.3 Å². The van der Waals surface area contributed by atoms with Crippen LogP contribution in [0.5, 0.6) is 5.75 Å². The van der Waals surface area contributed by atoms with E-state index < -0.39 is 10.0 Å². The number of amides is 1. The molecule has 1 aromatic heterocycles. The standard InChI is InChI=1S/C23H24N4O5S/c1-13-5-8-18(32-4)17(11-13)26-33(30,31)19-12-16(7-6-14(19)2)22-15(3)25-27-21(29)10-9-20(28)24-23(22)27/h5-8,11-12,26H,9-10H2,1-4H3,(H,24,28). The number of methoxy groups -OCH3 is 1. The molecule has 10 heteroatoms. The molecule has 0 saturated carbocycles. The third-order valence-electron chi connectivity index (χ3n) is 5.49. The molecule has 0 saturated heterocycles. The summed E-state index contributed by atoms with van der Waals surface area (Å²) < 4.78 is 35.8. The van der Waals surface area contributed by atoms with Gasteiger partial charge < -0.3 is 10.1 Å². The SMILES string of the molecule is COc1ccc(C)cc1NS(=O)(=O)c1cc(-c2c(C)nn3c2NC(=O)CCC3=O)ccc1C. The highest BCUT2D eigenvalue weighted by atomic mass is 32.2. The molecular formula is C23H24N4O5S. The van der Waals surface area contributed by atoms with E-state index in [-0.39, 0.29) is 35.4 Å². The Hall–Kier alpha value is -3.66. The predicted octanol–water partition coefficient (Wildman–Crippen LogP) is 3.66. The number of anilines is 2. The first kappa shape index (κ1) is 22.5. The summed E-state index contributed by atoms with van der Waals surface area (Å²) in [7, 11) is -2.51. The van der Waals surface area contributed by atoms with Gasteiger partial charge in [-0.15, -0.1) is 0 Å². The van der Waals surface area contributed by atoms with E-state index in [1.165, 1.54) is 17.9 Å². The van der Waals surface area contributed by atoms with Crippen molar-refractivity contribution in [1.29, 1.82) is 0 Å². The Morgan fingerprint density at radius 3 is 2.55 bits per heavy atom. The zero-order valence-electron chi connectivity index (χ0n) is 18.7. The van der Waals surface area contributed by atoms with Crippen LogP contribution >= 0.6 is 0 Å². The van der Waals surface area contributed by atoms with E-state index in [0.717, 1.165) is 5.56 Å². The maximum absolute atomic E-state index is 13.3. The van der Waals surface area contributed by atoms with Crippen molar-refractivity contribution in [2.75, 3.05) is 17.1 Å². The Balaban J connectivity index is 1.81. The monoisotopic (exact) mass is 468 g/mol. The molecule has 4 rings (SSSR count). The molecule has 3 aromatic rings. The van der Waals surface area contributed by atoms with Crippen LogP contribution in [0, 0.1) is 20.8 Å². The minimum absolute atomic E-state index is 0.0508. The van der Waals surface area contributed by atoms with Gasteiger partial charge in [-0.05, 0) is 55.7 Å². The second kappa shape index (κ2) is 8.36. The number of fused-ring (bicyclic) bond motifs is 1. The molecule has 1 aliphatic rings. The molecule has 2 aromatic carbocycles. The van der Waals surface area contributed by atoms with Crippen LogP contribution < -0.4 is 14.8 Å². The minimum Gasteiger partial charge on any atom is -0.495 e. The van der Waals surface area contributed by atoms with Crippen LogP contribution in [0.3, 0.4) is 0 Å². The number of rotatable bonds is 5. The van der Waals surface area contributed by atoms with Gasteiger partial charge in [0.25, 0.3) is 10.0 Å². The van der Waals surface area contributed by atoms with Crippen LogP contribution in [0.15, 0.2) is 41.3 Å². The summed E-state index contributed by atoms with van der Waals surface area (Å²) in [4.78, 5) is 24.6. The normalized spacial score (nSPS) is 13.8. The first-order chi connectivity index (χ1) is 15.6. The lowest BCUT2D eigenvalue weighted by Crippen LogP contribution is -2.15. The first-order valence-corrected chi connectivity index (χ1v) is 11.8. The van der Waals surface area contributed by atoms with Crippen molar-refractivity contribution in [3.63, 3.8) is 0 Å².